The lowest BCUT2D eigenvalue weighted by atomic mass is 9.53. The second kappa shape index (κ2) is 17.1. The molecule has 54 heavy (non-hydrogen) atoms. The third-order valence-electron chi connectivity index (χ3n) is 15.3. The van der Waals surface area contributed by atoms with E-state index in [0.717, 1.165) is 83.7 Å². The van der Waals surface area contributed by atoms with Gasteiger partial charge in [-0.05, 0) is 127 Å². The molecule has 0 amide bonds. The second-order valence-electron chi connectivity index (χ2n) is 18.4. The Balaban J connectivity index is 1.36. The van der Waals surface area contributed by atoms with Crippen LogP contribution in [0.4, 0.5) is 0 Å². The van der Waals surface area contributed by atoms with Gasteiger partial charge in [0.25, 0.3) is 0 Å². The molecular weight excluding hydrogens is 692 g/mol. The maximum atomic E-state index is 14.1. The highest BCUT2D eigenvalue weighted by molar-refractivity contribution is 5.88. The van der Waals surface area contributed by atoms with E-state index in [4.69, 9.17) is 25.7 Å². The van der Waals surface area contributed by atoms with Crippen LogP contribution in [0.3, 0.4) is 0 Å². The molecule has 5 heterocycles. The van der Waals surface area contributed by atoms with Crippen molar-refractivity contribution < 1.29 is 44.2 Å². The predicted octanol–water partition coefficient (Wildman–Crippen LogP) is 1.48. The SMILES string of the molecule is CC=C(CO)C(=O)OC1CC2C(O)C3C(=O)CC(CO)OC3C3C(CC4CCCC(O)C4)C4CCNC(N)C4CCC(CC4CCC(N)NC4)C1(C)OC23. The molecular formula is C41H68N4O9. The van der Waals surface area contributed by atoms with Crippen molar-refractivity contribution in [3.05, 3.63) is 11.6 Å². The minimum absolute atomic E-state index is 0.0177. The minimum atomic E-state index is -1.10. The van der Waals surface area contributed by atoms with E-state index >= 15 is 0 Å². The fourth-order valence-electron chi connectivity index (χ4n) is 12.5. The average Bonchev–Trinajstić information content (AvgIpc) is 3.14. The molecule has 18 atom stereocenters. The third kappa shape index (κ3) is 7.98. The quantitative estimate of drug-likeness (QED) is 0.130. The van der Waals surface area contributed by atoms with Crippen LogP contribution < -0.4 is 22.1 Å². The highest BCUT2D eigenvalue weighted by Gasteiger charge is 2.65. The zero-order chi connectivity index (χ0) is 38.3. The number of nitrogens with one attached hydrogen (secondary N) is 2. The van der Waals surface area contributed by atoms with E-state index in [1.807, 2.05) is 0 Å². The van der Waals surface area contributed by atoms with E-state index in [1.165, 1.54) is 0 Å². The van der Waals surface area contributed by atoms with Crippen molar-refractivity contribution in [1.82, 2.24) is 10.6 Å². The molecule has 5 aliphatic heterocycles. The van der Waals surface area contributed by atoms with E-state index in [-0.39, 0.29) is 78.3 Å². The molecule has 7 rings (SSSR count). The van der Waals surface area contributed by atoms with E-state index in [1.54, 1.807) is 13.0 Å². The van der Waals surface area contributed by atoms with Crippen LogP contribution in [0.15, 0.2) is 11.6 Å². The first-order chi connectivity index (χ1) is 25.9. The van der Waals surface area contributed by atoms with Crippen molar-refractivity contribution in [2.24, 2.45) is 64.7 Å². The number of ketones is 1. The highest BCUT2D eigenvalue weighted by Crippen LogP contribution is 2.58. The van der Waals surface area contributed by atoms with Crippen LogP contribution in [0.1, 0.15) is 97.3 Å². The molecule has 0 aromatic carbocycles. The molecule has 306 valence electrons. The van der Waals surface area contributed by atoms with E-state index in [9.17, 15) is 30.0 Å². The van der Waals surface area contributed by atoms with Gasteiger partial charge in [-0.15, -0.1) is 0 Å². The van der Waals surface area contributed by atoms with Crippen molar-refractivity contribution in [3.8, 4) is 0 Å². The molecule has 18 unspecified atom stereocenters. The van der Waals surface area contributed by atoms with Gasteiger partial charge in [-0.2, -0.15) is 0 Å². The van der Waals surface area contributed by atoms with Crippen LogP contribution >= 0.6 is 0 Å². The number of ether oxygens (including phenoxy) is 3. The fourth-order valence-corrected chi connectivity index (χ4v) is 12.5. The number of esters is 1. The number of Topliss-reactive ketones (excluding diaryl/α,β-unsaturated/α-hetero) is 1. The summed E-state index contributed by atoms with van der Waals surface area (Å²) in [6.07, 6.45) is 7.11. The first-order valence-corrected chi connectivity index (χ1v) is 21.2. The van der Waals surface area contributed by atoms with Crippen molar-refractivity contribution in [2.75, 3.05) is 26.3 Å². The summed E-state index contributed by atoms with van der Waals surface area (Å²) in [5, 5.41) is 50.6. The number of rotatable bonds is 8. The normalized spacial score (nSPS) is 48.6. The maximum Gasteiger partial charge on any atom is 0.336 e. The zero-order valence-corrected chi connectivity index (χ0v) is 32.4. The van der Waals surface area contributed by atoms with Gasteiger partial charge in [-0.25, -0.2) is 4.79 Å². The molecule has 2 aliphatic carbocycles. The molecule has 2 bridgehead atoms. The van der Waals surface area contributed by atoms with E-state index in [0.29, 0.717) is 12.3 Å². The summed E-state index contributed by atoms with van der Waals surface area (Å²) in [4.78, 5) is 27.8. The number of aliphatic hydroxyl groups is 4. The van der Waals surface area contributed by atoms with Gasteiger partial charge in [0.15, 0.2) is 0 Å². The number of nitrogens with two attached hydrogens (primary N) is 2. The number of hydrogen-bond donors (Lipinski definition) is 8. The summed E-state index contributed by atoms with van der Waals surface area (Å²) in [6, 6.07) is 0. The summed E-state index contributed by atoms with van der Waals surface area (Å²) in [6.45, 7) is 4.58. The summed E-state index contributed by atoms with van der Waals surface area (Å²) in [7, 11) is 0. The third-order valence-corrected chi connectivity index (χ3v) is 15.3. The first-order valence-electron chi connectivity index (χ1n) is 21.2. The summed E-state index contributed by atoms with van der Waals surface area (Å²) < 4.78 is 20.8. The number of carbonyl (C=O) groups is 2. The fraction of sp³-hybridized carbons (Fsp3) is 0.902. The Kier molecular flexibility index (Phi) is 12.9. The standard InChI is InChI=1S/C41H68N4O9/c1-3-23(19-46)40(51)53-32-17-30-36(50)35-31(49)16-26(20-47)52-38(35)34-29(15-21-5-4-6-25(48)14-21)27-11-12-44-39(43)28(27)9-8-24(41(32,2)54-37(30)34)13-22-7-10-33(42)45-18-22/h3,21-22,24-30,32-39,44-48,50H,4-20,42-43H2,1-2H3. The Hall–Kier alpha value is -1.52. The molecule has 0 radical (unpaired) electrons. The smallest absolute Gasteiger partial charge is 0.336 e. The van der Waals surface area contributed by atoms with Gasteiger partial charge in [0, 0.05) is 18.3 Å². The lowest BCUT2D eigenvalue weighted by Gasteiger charge is -2.62. The molecule has 10 N–H and O–H groups in total. The molecule has 13 nitrogen and oxygen atoms in total. The highest BCUT2D eigenvalue weighted by atomic mass is 16.6. The van der Waals surface area contributed by atoms with Crippen molar-refractivity contribution in [2.45, 2.75) is 152 Å². The molecule has 0 aromatic heterocycles. The van der Waals surface area contributed by atoms with E-state index in [2.05, 4.69) is 17.6 Å². The molecule has 13 heteroatoms. The zero-order valence-electron chi connectivity index (χ0n) is 32.4. The Morgan fingerprint density at radius 2 is 1.78 bits per heavy atom. The Bertz CT molecular complexity index is 1350. The number of hydrogen-bond acceptors (Lipinski definition) is 13. The van der Waals surface area contributed by atoms with Gasteiger partial charge in [-0.3, -0.25) is 4.79 Å². The number of fused-ring (bicyclic) bond motifs is 4. The molecule has 7 fully saturated rings. The van der Waals surface area contributed by atoms with Crippen LogP contribution in [0, 0.1) is 53.3 Å². The Labute approximate surface area is 320 Å². The molecule has 0 aromatic rings. The number of carbonyl (C=O) groups excluding carboxylic acids is 2. The van der Waals surface area contributed by atoms with Crippen molar-refractivity contribution >= 4 is 11.8 Å². The second-order valence-corrected chi connectivity index (χ2v) is 18.4. The molecule has 2 saturated carbocycles. The minimum Gasteiger partial charge on any atom is -0.456 e. The van der Waals surface area contributed by atoms with Crippen LogP contribution in [-0.2, 0) is 23.8 Å². The Morgan fingerprint density at radius 1 is 0.963 bits per heavy atom. The van der Waals surface area contributed by atoms with Gasteiger partial charge < -0.3 is 56.7 Å². The monoisotopic (exact) mass is 760 g/mol. The molecule has 7 aliphatic rings. The lowest BCUT2D eigenvalue weighted by molar-refractivity contribution is -0.306. The van der Waals surface area contributed by atoms with Crippen LogP contribution in [0.2, 0.25) is 0 Å². The van der Waals surface area contributed by atoms with Gasteiger partial charge >= 0.3 is 5.97 Å². The average molecular weight is 761 g/mol. The largest absolute Gasteiger partial charge is 0.456 e. The summed E-state index contributed by atoms with van der Waals surface area (Å²) in [5.74, 6) is -1.46. The van der Waals surface area contributed by atoms with Crippen molar-refractivity contribution in [1.29, 1.82) is 0 Å². The predicted molar refractivity (Wildman–Crippen MR) is 200 cm³/mol. The first kappa shape index (κ1) is 40.7. The summed E-state index contributed by atoms with van der Waals surface area (Å²) >= 11 is 0. The van der Waals surface area contributed by atoms with Gasteiger partial charge in [-0.1, -0.05) is 18.9 Å². The van der Waals surface area contributed by atoms with Gasteiger partial charge in [0.2, 0.25) is 0 Å². The Morgan fingerprint density at radius 3 is 2.48 bits per heavy atom. The maximum absolute atomic E-state index is 14.1. The van der Waals surface area contributed by atoms with Gasteiger partial charge in [0.05, 0.1) is 67.6 Å². The van der Waals surface area contributed by atoms with Crippen LogP contribution in [0.25, 0.3) is 0 Å². The topological polar surface area (TPSA) is 219 Å². The lowest BCUT2D eigenvalue weighted by Crippen LogP contribution is -2.71. The van der Waals surface area contributed by atoms with Gasteiger partial charge in [0.1, 0.15) is 17.5 Å². The number of aliphatic hydroxyl groups excluding tert-OH is 4. The van der Waals surface area contributed by atoms with E-state index < -0.39 is 60.5 Å². The van der Waals surface area contributed by atoms with Crippen molar-refractivity contribution in [3.63, 3.8) is 0 Å². The molecule has 5 saturated heterocycles. The van der Waals surface area contributed by atoms with Crippen LogP contribution in [-0.4, -0.2) is 113 Å². The summed E-state index contributed by atoms with van der Waals surface area (Å²) in [5.41, 5.74) is 12.5. The molecule has 0 spiro atoms. The van der Waals surface area contributed by atoms with Crippen LogP contribution in [0.5, 0.6) is 0 Å². The number of allylic oxidation sites excluding steroid dienone is 1. The number of piperidine rings is 2.